The molecule has 2 aromatic rings. The number of rotatable bonds is 6. The van der Waals surface area contributed by atoms with E-state index < -0.39 is 0 Å². The van der Waals surface area contributed by atoms with E-state index in [1.807, 2.05) is 32.0 Å². The summed E-state index contributed by atoms with van der Waals surface area (Å²) in [6, 6.07) is 12.6. The summed E-state index contributed by atoms with van der Waals surface area (Å²) in [4.78, 5) is 11.4. The van der Waals surface area contributed by atoms with E-state index in [2.05, 4.69) is 6.92 Å². The van der Waals surface area contributed by atoms with E-state index >= 15 is 0 Å². The normalized spacial score (nSPS) is 9.96. The number of phenols is 2. The molecule has 0 bridgehead atoms. The van der Waals surface area contributed by atoms with Crippen molar-refractivity contribution in [3.05, 3.63) is 59.2 Å². The summed E-state index contributed by atoms with van der Waals surface area (Å²) in [6.45, 7) is 5.99. The van der Waals surface area contributed by atoms with Crippen LogP contribution in [0.15, 0.2) is 42.5 Å². The number of benzene rings is 2. The van der Waals surface area contributed by atoms with Gasteiger partial charge in [0.15, 0.2) is 5.78 Å². The van der Waals surface area contributed by atoms with Crippen molar-refractivity contribution in [3.8, 4) is 11.5 Å². The predicted octanol–water partition coefficient (Wildman–Crippen LogP) is 5.28. The highest BCUT2D eigenvalue weighted by Crippen LogP contribution is 2.20. The smallest absolute Gasteiger partial charge is 0.162 e. The van der Waals surface area contributed by atoms with Crippen LogP contribution < -0.4 is 0 Å². The van der Waals surface area contributed by atoms with Gasteiger partial charge in [0, 0.05) is 12.0 Å². The number of hydrogen-bond donors (Lipinski definition) is 2. The maximum Gasteiger partial charge on any atom is 0.162 e. The van der Waals surface area contributed by atoms with Crippen LogP contribution in [0.3, 0.4) is 0 Å². The van der Waals surface area contributed by atoms with Crippen molar-refractivity contribution in [2.24, 2.45) is 0 Å². The van der Waals surface area contributed by atoms with Crippen molar-refractivity contribution in [2.45, 2.75) is 52.9 Å². The Bertz CT molecular complexity index is 647. The molecule has 0 saturated heterocycles. The van der Waals surface area contributed by atoms with E-state index in [-0.39, 0.29) is 5.78 Å². The lowest BCUT2D eigenvalue weighted by atomic mass is 10.0. The van der Waals surface area contributed by atoms with Gasteiger partial charge in [-0.25, -0.2) is 0 Å². The Balaban J connectivity index is 0.000000254. The molecule has 0 radical (unpaired) electrons. The fraction of sp³-hybridized carbons (Fsp3) is 0.381. The van der Waals surface area contributed by atoms with Crippen LogP contribution in [0.2, 0.25) is 0 Å². The summed E-state index contributed by atoms with van der Waals surface area (Å²) in [7, 11) is 0. The summed E-state index contributed by atoms with van der Waals surface area (Å²) in [5, 5.41) is 18.8. The molecule has 0 unspecified atom stereocenters. The monoisotopic (exact) mass is 328 g/mol. The average molecular weight is 328 g/mol. The third-order valence-electron chi connectivity index (χ3n) is 3.75. The zero-order valence-corrected chi connectivity index (χ0v) is 14.9. The Labute approximate surface area is 145 Å². The Kier molecular flexibility index (Phi) is 8.63. The van der Waals surface area contributed by atoms with Crippen LogP contribution in [0.25, 0.3) is 0 Å². The molecular weight excluding hydrogens is 300 g/mol. The summed E-state index contributed by atoms with van der Waals surface area (Å²) in [5.74, 6) is 0.839. The van der Waals surface area contributed by atoms with Crippen LogP contribution in [0.4, 0.5) is 0 Å². The quantitative estimate of drug-likeness (QED) is 0.709. The van der Waals surface area contributed by atoms with Crippen LogP contribution in [-0.2, 0) is 12.8 Å². The number of phenolic OH excluding ortho intramolecular Hbond substituents is 2. The number of carbonyl (C=O) groups is 1. The van der Waals surface area contributed by atoms with E-state index in [0.29, 0.717) is 23.5 Å². The van der Waals surface area contributed by atoms with Gasteiger partial charge in [-0.1, -0.05) is 51.8 Å². The van der Waals surface area contributed by atoms with Crippen LogP contribution in [0.5, 0.6) is 11.5 Å². The van der Waals surface area contributed by atoms with Gasteiger partial charge in [-0.2, -0.15) is 0 Å². The van der Waals surface area contributed by atoms with E-state index in [1.54, 1.807) is 24.3 Å². The molecule has 130 valence electrons. The van der Waals surface area contributed by atoms with Gasteiger partial charge in [0.05, 0.1) is 0 Å². The second kappa shape index (κ2) is 10.5. The van der Waals surface area contributed by atoms with Gasteiger partial charge in [0.2, 0.25) is 0 Å². The standard InChI is InChI=1S/C12H16O2.C9H12O/c1-3-5-9-8-10(11(13)4-2)6-7-12(9)14;1-2-5-8-6-3-4-7-9(8)10/h6-8,14H,3-5H2,1-2H3;3-4,6-7,10H,2,5H2,1H3. The third-order valence-corrected chi connectivity index (χ3v) is 3.75. The molecule has 0 atom stereocenters. The number of aromatic hydroxyl groups is 2. The third kappa shape index (κ3) is 6.07. The van der Waals surface area contributed by atoms with Gasteiger partial charge in [0.1, 0.15) is 11.5 Å². The maximum absolute atomic E-state index is 11.4. The molecule has 0 aromatic heterocycles. The first kappa shape index (κ1) is 19.8. The van der Waals surface area contributed by atoms with Crippen molar-refractivity contribution >= 4 is 5.78 Å². The van der Waals surface area contributed by atoms with Gasteiger partial charge in [-0.05, 0) is 48.2 Å². The Hall–Kier alpha value is -2.29. The summed E-state index contributed by atoms with van der Waals surface area (Å²) >= 11 is 0. The number of ketones is 1. The zero-order valence-electron chi connectivity index (χ0n) is 14.9. The molecule has 0 aliphatic rings. The molecule has 0 heterocycles. The fourth-order valence-electron chi connectivity index (χ4n) is 2.42. The second-order valence-corrected chi connectivity index (χ2v) is 5.75. The molecule has 0 saturated carbocycles. The first-order chi connectivity index (χ1) is 11.5. The number of Topliss-reactive ketones (excluding diaryl/α,β-unsaturated/α-hetero) is 1. The van der Waals surface area contributed by atoms with Crippen molar-refractivity contribution in [2.75, 3.05) is 0 Å². The summed E-state index contributed by atoms with van der Waals surface area (Å²) in [5.41, 5.74) is 2.62. The molecule has 3 nitrogen and oxygen atoms in total. The topological polar surface area (TPSA) is 57.5 Å². The molecule has 0 aliphatic heterocycles. The van der Waals surface area contributed by atoms with E-state index in [0.717, 1.165) is 36.8 Å². The highest BCUT2D eigenvalue weighted by molar-refractivity contribution is 5.96. The van der Waals surface area contributed by atoms with E-state index in [4.69, 9.17) is 0 Å². The Morgan fingerprint density at radius 3 is 2.00 bits per heavy atom. The number of para-hydroxylation sites is 1. The SMILES string of the molecule is CCCc1cc(C(=O)CC)ccc1O.CCCc1ccccc1O. The number of aryl methyl sites for hydroxylation is 2. The molecule has 0 aliphatic carbocycles. The largest absolute Gasteiger partial charge is 0.508 e. The van der Waals surface area contributed by atoms with Crippen LogP contribution in [0.1, 0.15) is 61.5 Å². The van der Waals surface area contributed by atoms with Crippen molar-refractivity contribution in [3.63, 3.8) is 0 Å². The maximum atomic E-state index is 11.4. The van der Waals surface area contributed by atoms with Crippen molar-refractivity contribution in [1.29, 1.82) is 0 Å². The van der Waals surface area contributed by atoms with Gasteiger partial charge >= 0.3 is 0 Å². The average Bonchev–Trinajstić information content (AvgIpc) is 2.59. The lowest BCUT2D eigenvalue weighted by Gasteiger charge is -2.05. The summed E-state index contributed by atoms with van der Waals surface area (Å²) in [6.07, 6.45) is 4.34. The Morgan fingerprint density at radius 1 is 0.833 bits per heavy atom. The first-order valence-electron chi connectivity index (χ1n) is 8.65. The van der Waals surface area contributed by atoms with Gasteiger partial charge < -0.3 is 10.2 Å². The van der Waals surface area contributed by atoms with Gasteiger partial charge in [-0.3, -0.25) is 4.79 Å². The molecule has 3 heteroatoms. The van der Waals surface area contributed by atoms with E-state index in [9.17, 15) is 15.0 Å². The predicted molar refractivity (Wildman–Crippen MR) is 98.8 cm³/mol. The fourth-order valence-corrected chi connectivity index (χ4v) is 2.42. The highest BCUT2D eigenvalue weighted by Gasteiger charge is 2.06. The van der Waals surface area contributed by atoms with Crippen LogP contribution in [-0.4, -0.2) is 16.0 Å². The van der Waals surface area contributed by atoms with Crippen LogP contribution >= 0.6 is 0 Å². The minimum Gasteiger partial charge on any atom is -0.508 e. The molecule has 2 aromatic carbocycles. The number of hydrogen-bond acceptors (Lipinski definition) is 3. The van der Waals surface area contributed by atoms with Crippen molar-refractivity contribution < 1.29 is 15.0 Å². The highest BCUT2D eigenvalue weighted by atomic mass is 16.3. The van der Waals surface area contributed by atoms with Crippen LogP contribution in [0, 0.1) is 0 Å². The lowest BCUT2D eigenvalue weighted by Crippen LogP contribution is -1.97. The second-order valence-electron chi connectivity index (χ2n) is 5.75. The molecule has 2 N–H and O–H groups in total. The molecule has 2 rings (SSSR count). The molecule has 0 amide bonds. The van der Waals surface area contributed by atoms with Crippen molar-refractivity contribution in [1.82, 2.24) is 0 Å². The first-order valence-corrected chi connectivity index (χ1v) is 8.65. The van der Waals surface area contributed by atoms with Gasteiger partial charge in [0.25, 0.3) is 0 Å². The minimum atomic E-state index is 0.127. The minimum absolute atomic E-state index is 0.127. The zero-order chi connectivity index (χ0) is 17.9. The summed E-state index contributed by atoms with van der Waals surface area (Å²) < 4.78 is 0. The Morgan fingerprint density at radius 2 is 1.42 bits per heavy atom. The molecule has 0 spiro atoms. The molecule has 24 heavy (non-hydrogen) atoms. The van der Waals surface area contributed by atoms with E-state index in [1.165, 1.54) is 0 Å². The van der Waals surface area contributed by atoms with Gasteiger partial charge in [-0.15, -0.1) is 0 Å². The molecular formula is C21H28O3. The lowest BCUT2D eigenvalue weighted by molar-refractivity contribution is 0.0988. The number of carbonyl (C=O) groups excluding carboxylic acids is 1. The molecule has 0 fully saturated rings.